The van der Waals surface area contributed by atoms with E-state index in [1.165, 1.54) is 38.2 Å². The molecule has 2 unspecified atom stereocenters. The van der Waals surface area contributed by atoms with Crippen molar-refractivity contribution in [1.29, 1.82) is 0 Å². The first-order chi connectivity index (χ1) is 9.70. The van der Waals surface area contributed by atoms with E-state index in [0.717, 1.165) is 25.1 Å². The molecule has 2 atom stereocenters. The first-order valence-electron chi connectivity index (χ1n) is 7.85. The van der Waals surface area contributed by atoms with E-state index < -0.39 is 0 Å². The fraction of sp³-hybridized carbons (Fsp3) is 0.647. The highest BCUT2D eigenvalue weighted by Gasteiger charge is 2.25. The fourth-order valence-electron chi connectivity index (χ4n) is 3.27. The molecular formula is C17H25ClFN. The Morgan fingerprint density at radius 1 is 1.25 bits per heavy atom. The highest BCUT2D eigenvalue weighted by atomic mass is 35.5. The van der Waals surface area contributed by atoms with E-state index in [1.54, 1.807) is 12.1 Å². The van der Waals surface area contributed by atoms with Gasteiger partial charge >= 0.3 is 0 Å². The summed E-state index contributed by atoms with van der Waals surface area (Å²) in [5.74, 6) is 1.15. The van der Waals surface area contributed by atoms with E-state index in [1.807, 2.05) is 0 Å². The molecule has 0 radical (unpaired) electrons. The van der Waals surface area contributed by atoms with Crippen molar-refractivity contribution in [2.75, 3.05) is 13.1 Å². The van der Waals surface area contributed by atoms with E-state index in [4.69, 9.17) is 11.6 Å². The van der Waals surface area contributed by atoms with Crippen LogP contribution in [0.3, 0.4) is 0 Å². The van der Waals surface area contributed by atoms with Crippen LogP contribution in [0.1, 0.15) is 44.6 Å². The lowest BCUT2D eigenvalue weighted by Gasteiger charge is -2.32. The standard InChI is InChI=1S/C17H25ClFN/c1-2-9-20-12-14-6-4-3-5-13(14)10-15-11-16(18)7-8-17(15)19/h7-8,11,13-14,20H,2-6,9-10,12H2,1H3. The summed E-state index contributed by atoms with van der Waals surface area (Å²) in [7, 11) is 0. The van der Waals surface area contributed by atoms with Gasteiger partial charge < -0.3 is 5.32 Å². The van der Waals surface area contributed by atoms with Crippen LogP contribution in [0.4, 0.5) is 4.39 Å². The average Bonchev–Trinajstić information content (AvgIpc) is 2.45. The van der Waals surface area contributed by atoms with Gasteiger partial charge in [0, 0.05) is 5.02 Å². The van der Waals surface area contributed by atoms with Crippen LogP contribution in [0, 0.1) is 17.7 Å². The Kier molecular flexibility index (Phi) is 6.31. The van der Waals surface area contributed by atoms with E-state index in [0.29, 0.717) is 16.9 Å². The zero-order valence-electron chi connectivity index (χ0n) is 12.3. The zero-order valence-corrected chi connectivity index (χ0v) is 13.1. The largest absolute Gasteiger partial charge is 0.316 e. The second-order valence-corrected chi connectivity index (χ2v) is 6.39. The molecule has 112 valence electrons. The van der Waals surface area contributed by atoms with Gasteiger partial charge in [0.15, 0.2) is 0 Å². The molecule has 2 rings (SSSR count). The van der Waals surface area contributed by atoms with Gasteiger partial charge in [-0.3, -0.25) is 0 Å². The Morgan fingerprint density at radius 3 is 2.75 bits per heavy atom. The highest BCUT2D eigenvalue weighted by molar-refractivity contribution is 6.30. The van der Waals surface area contributed by atoms with Crippen LogP contribution in [-0.2, 0) is 6.42 Å². The van der Waals surface area contributed by atoms with Gasteiger partial charge in [-0.25, -0.2) is 4.39 Å². The third-order valence-electron chi connectivity index (χ3n) is 4.39. The molecule has 0 bridgehead atoms. The lowest BCUT2D eigenvalue weighted by Crippen LogP contribution is -2.32. The molecule has 3 heteroatoms. The van der Waals surface area contributed by atoms with Gasteiger partial charge in [0.25, 0.3) is 0 Å². The summed E-state index contributed by atoms with van der Waals surface area (Å²) >= 11 is 5.99. The lowest BCUT2D eigenvalue weighted by atomic mass is 9.76. The van der Waals surface area contributed by atoms with Crippen molar-refractivity contribution < 1.29 is 4.39 Å². The number of halogens is 2. The minimum atomic E-state index is -0.111. The Bertz CT molecular complexity index is 421. The maximum Gasteiger partial charge on any atom is 0.126 e. The number of nitrogens with one attached hydrogen (secondary N) is 1. The van der Waals surface area contributed by atoms with Crippen LogP contribution in [0.25, 0.3) is 0 Å². The third kappa shape index (κ3) is 4.46. The average molecular weight is 298 g/mol. The van der Waals surface area contributed by atoms with Gasteiger partial charge in [-0.05, 0) is 74.4 Å². The van der Waals surface area contributed by atoms with Gasteiger partial charge in [-0.15, -0.1) is 0 Å². The molecule has 1 aliphatic rings. The molecule has 0 aliphatic heterocycles. The molecule has 20 heavy (non-hydrogen) atoms. The van der Waals surface area contributed by atoms with Crippen LogP contribution < -0.4 is 5.32 Å². The number of rotatable bonds is 6. The zero-order chi connectivity index (χ0) is 14.4. The van der Waals surface area contributed by atoms with Crippen LogP contribution in [0.5, 0.6) is 0 Å². The van der Waals surface area contributed by atoms with Crippen molar-refractivity contribution in [3.8, 4) is 0 Å². The van der Waals surface area contributed by atoms with Crippen LogP contribution >= 0.6 is 11.6 Å². The summed E-state index contributed by atoms with van der Waals surface area (Å²) < 4.78 is 13.9. The van der Waals surface area contributed by atoms with Crippen molar-refractivity contribution in [2.24, 2.45) is 11.8 Å². The number of hydrogen-bond donors (Lipinski definition) is 1. The van der Waals surface area contributed by atoms with Crippen LogP contribution in [-0.4, -0.2) is 13.1 Å². The van der Waals surface area contributed by atoms with Gasteiger partial charge in [0.2, 0.25) is 0 Å². The van der Waals surface area contributed by atoms with Crippen LogP contribution in [0.2, 0.25) is 5.02 Å². The summed E-state index contributed by atoms with van der Waals surface area (Å²) in [6.45, 7) is 4.34. The van der Waals surface area contributed by atoms with Gasteiger partial charge in [0.1, 0.15) is 5.82 Å². The first-order valence-corrected chi connectivity index (χ1v) is 8.23. The summed E-state index contributed by atoms with van der Waals surface area (Å²) in [4.78, 5) is 0. The monoisotopic (exact) mass is 297 g/mol. The molecule has 0 aromatic heterocycles. The molecule has 0 saturated heterocycles. The number of benzene rings is 1. The minimum Gasteiger partial charge on any atom is -0.316 e. The predicted octanol–water partition coefficient (Wildman–Crippen LogP) is 4.83. The predicted molar refractivity (Wildman–Crippen MR) is 83.7 cm³/mol. The molecule has 1 nitrogen and oxygen atoms in total. The van der Waals surface area contributed by atoms with E-state index in [2.05, 4.69) is 12.2 Å². The minimum absolute atomic E-state index is 0.111. The molecular weight excluding hydrogens is 273 g/mol. The van der Waals surface area contributed by atoms with Gasteiger partial charge in [0.05, 0.1) is 0 Å². The summed E-state index contributed by atoms with van der Waals surface area (Å²) in [6.07, 6.45) is 7.06. The molecule has 1 saturated carbocycles. The molecule has 1 aromatic carbocycles. The number of hydrogen-bond acceptors (Lipinski definition) is 1. The topological polar surface area (TPSA) is 12.0 Å². The fourth-order valence-corrected chi connectivity index (χ4v) is 3.46. The molecule has 0 heterocycles. The van der Waals surface area contributed by atoms with Crippen molar-refractivity contribution in [2.45, 2.75) is 45.4 Å². The third-order valence-corrected chi connectivity index (χ3v) is 4.62. The molecule has 0 amide bonds. The second kappa shape index (κ2) is 7.99. The smallest absolute Gasteiger partial charge is 0.126 e. The molecule has 1 aliphatic carbocycles. The Balaban J connectivity index is 1.98. The van der Waals surface area contributed by atoms with E-state index in [-0.39, 0.29) is 5.82 Å². The first kappa shape index (κ1) is 15.8. The highest BCUT2D eigenvalue weighted by Crippen LogP contribution is 2.33. The van der Waals surface area contributed by atoms with Crippen LogP contribution in [0.15, 0.2) is 18.2 Å². The second-order valence-electron chi connectivity index (χ2n) is 5.95. The van der Waals surface area contributed by atoms with Crippen molar-refractivity contribution in [1.82, 2.24) is 5.32 Å². The van der Waals surface area contributed by atoms with E-state index >= 15 is 0 Å². The van der Waals surface area contributed by atoms with Gasteiger partial charge in [-0.2, -0.15) is 0 Å². The Labute approximate surface area is 126 Å². The maximum atomic E-state index is 13.9. The molecule has 0 spiro atoms. The Hall–Kier alpha value is -0.600. The quantitative estimate of drug-likeness (QED) is 0.742. The Morgan fingerprint density at radius 2 is 2.00 bits per heavy atom. The molecule has 1 aromatic rings. The van der Waals surface area contributed by atoms with E-state index in [9.17, 15) is 4.39 Å². The lowest BCUT2D eigenvalue weighted by molar-refractivity contribution is 0.227. The maximum absolute atomic E-state index is 13.9. The van der Waals surface area contributed by atoms with Crippen molar-refractivity contribution >= 4 is 11.6 Å². The SMILES string of the molecule is CCCNCC1CCCCC1Cc1cc(Cl)ccc1F. The van der Waals surface area contributed by atoms with Gasteiger partial charge in [-0.1, -0.05) is 31.4 Å². The summed E-state index contributed by atoms with van der Waals surface area (Å²) in [5.41, 5.74) is 0.782. The summed E-state index contributed by atoms with van der Waals surface area (Å²) in [5, 5.41) is 4.16. The molecule has 1 N–H and O–H groups in total. The molecule has 1 fully saturated rings. The normalized spacial score (nSPS) is 22.9. The summed E-state index contributed by atoms with van der Waals surface area (Å²) in [6, 6.07) is 4.91. The van der Waals surface area contributed by atoms with Crippen molar-refractivity contribution in [3.05, 3.63) is 34.6 Å². The van der Waals surface area contributed by atoms with Crippen molar-refractivity contribution in [3.63, 3.8) is 0 Å².